The molecular weight excluding hydrogens is 271 g/mol. The second kappa shape index (κ2) is 4.44. The highest BCUT2D eigenvalue weighted by Crippen LogP contribution is 2.34. The van der Waals surface area contributed by atoms with Gasteiger partial charge in [0.05, 0.1) is 5.39 Å². The molecule has 0 spiro atoms. The molecule has 3 aromatic rings. The molecule has 3 N–H and O–H groups in total. The zero-order chi connectivity index (χ0) is 14.4. The van der Waals surface area contributed by atoms with Gasteiger partial charge in [0.1, 0.15) is 5.75 Å². The van der Waals surface area contributed by atoms with Crippen molar-refractivity contribution < 1.29 is 9.13 Å². The van der Waals surface area contributed by atoms with E-state index in [4.69, 9.17) is 10.5 Å². The molecule has 1 aliphatic rings. The molecule has 21 heavy (non-hydrogen) atoms. The minimum Gasteiger partial charge on any atom is -0.436 e. The van der Waals surface area contributed by atoms with Crippen LogP contribution in [-0.2, 0) is 12.8 Å². The number of fused-ring (bicyclic) bond motifs is 2. The van der Waals surface area contributed by atoms with Crippen molar-refractivity contribution in [1.29, 1.82) is 0 Å². The van der Waals surface area contributed by atoms with Crippen LogP contribution in [0.4, 0.5) is 10.2 Å². The van der Waals surface area contributed by atoms with Gasteiger partial charge < -0.3 is 10.5 Å². The number of rotatable bonds is 2. The van der Waals surface area contributed by atoms with Gasteiger partial charge >= 0.3 is 0 Å². The fourth-order valence-electron chi connectivity index (χ4n) is 2.78. The van der Waals surface area contributed by atoms with E-state index in [1.807, 2.05) is 12.1 Å². The van der Waals surface area contributed by atoms with Crippen molar-refractivity contribution in [1.82, 2.24) is 15.2 Å². The first kappa shape index (κ1) is 12.1. The molecule has 0 atom stereocenters. The molecule has 1 aliphatic carbocycles. The highest BCUT2D eigenvalue weighted by atomic mass is 19.1. The Balaban J connectivity index is 1.78. The van der Waals surface area contributed by atoms with Crippen LogP contribution in [-0.4, -0.2) is 15.2 Å². The van der Waals surface area contributed by atoms with Crippen molar-refractivity contribution >= 4 is 16.9 Å². The van der Waals surface area contributed by atoms with E-state index in [2.05, 4.69) is 21.2 Å². The highest BCUT2D eigenvalue weighted by Gasteiger charge is 2.18. The van der Waals surface area contributed by atoms with Gasteiger partial charge in [-0.25, -0.2) is 4.39 Å². The second-order valence-electron chi connectivity index (χ2n) is 5.13. The Labute approximate surface area is 119 Å². The van der Waals surface area contributed by atoms with Gasteiger partial charge in [0.2, 0.25) is 0 Å². The summed E-state index contributed by atoms with van der Waals surface area (Å²) in [5.41, 5.74) is 8.45. The fraction of sp³-hybridized carbons (Fsp3) is 0.200. The molecular formula is C15H13FN4O. The average Bonchev–Trinajstić information content (AvgIpc) is 3.08. The monoisotopic (exact) mass is 284 g/mol. The first-order chi connectivity index (χ1) is 10.2. The summed E-state index contributed by atoms with van der Waals surface area (Å²) < 4.78 is 19.8. The topological polar surface area (TPSA) is 76.8 Å². The van der Waals surface area contributed by atoms with Crippen LogP contribution in [0.3, 0.4) is 0 Å². The molecule has 0 aliphatic heterocycles. The Morgan fingerprint density at radius 1 is 1.29 bits per heavy atom. The number of nitrogens with zero attached hydrogens (tertiary/aromatic N) is 2. The molecule has 0 saturated carbocycles. The van der Waals surface area contributed by atoms with Gasteiger partial charge in [-0.1, -0.05) is 12.1 Å². The number of pyridine rings is 1. The Morgan fingerprint density at radius 2 is 2.19 bits per heavy atom. The third-order valence-electron chi connectivity index (χ3n) is 3.81. The Hall–Kier alpha value is -2.63. The van der Waals surface area contributed by atoms with Crippen molar-refractivity contribution in [3.05, 3.63) is 41.2 Å². The number of aromatic amines is 1. The maximum Gasteiger partial charge on any atom is 0.257 e. The lowest BCUT2D eigenvalue weighted by Crippen LogP contribution is -1.96. The van der Waals surface area contributed by atoms with E-state index in [1.165, 1.54) is 11.6 Å². The summed E-state index contributed by atoms with van der Waals surface area (Å²) in [6.45, 7) is 0. The van der Waals surface area contributed by atoms with Crippen LogP contribution in [0.25, 0.3) is 11.0 Å². The van der Waals surface area contributed by atoms with Gasteiger partial charge in [-0.05, 0) is 42.5 Å². The van der Waals surface area contributed by atoms with Crippen molar-refractivity contribution in [2.75, 3.05) is 5.73 Å². The molecule has 2 aromatic heterocycles. The van der Waals surface area contributed by atoms with Crippen molar-refractivity contribution in [2.24, 2.45) is 0 Å². The predicted octanol–water partition coefficient (Wildman–Crippen LogP) is 2.96. The minimum absolute atomic E-state index is 0.0635. The van der Waals surface area contributed by atoms with Crippen molar-refractivity contribution in [2.45, 2.75) is 19.3 Å². The molecule has 106 valence electrons. The Morgan fingerprint density at radius 3 is 3.10 bits per heavy atom. The van der Waals surface area contributed by atoms with E-state index in [0.29, 0.717) is 16.8 Å². The van der Waals surface area contributed by atoms with Crippen molar-refractivity contribution in [3.63, 3.8) is 0 Å². The standard InChI is InChI=1S/C15H13FN4O/c16-11-7-10-13(17)19-20-14(10)18-15(11)21-12-6-2-4-8-3-1-5-9(8)12/h2,4,6-7H,1,3,5H2,(H3,17,18,19,20). The normalized spacial score (nSPS) is 13.6. The summed E-state index contributed by atoms with van der Waals surface area (Å²) in [5, 5.41) is 6.93. The first-order valence-corrected chi connectivity index (χ1v) is 6.81. The van der Waals surface area contributed by atoms with Crippen molar-refractivity contribution in [3.8, 4) is 11.6 Å². The van der Waals surface area contributed by atoms with E-state index in [9.17, 15) is 4.39 Å². The van der Waals surface area contributed by atoms with Crippen LogP contribution in [0.2, 0.25) is 0 Å². The Kier molecular flexibility index (Phi) is 2.57. The molecule has 0 saturated heterocycles. The van der Waals surface area contributed by atoms with Gasteiger partial charge in [0.15, 0.2) is 17.3 Å². The van der Waals surface area contributed by atoms with Gasteiger partial charge in [-0.2, -0.15) is 10.1 Å². The number of nitrogen functional groups attached to an aromatic ring is 1. The molecule has 0 amide bonds. The average molecular weight is 284 g/mol. The number of nitrogens with two attached hydrogens (primary N) is 1. The largest absolute Gasteiger partial charge is 0.436 e. The summed E-state index contributed by atoms with van der Waals surface area (Å²) in [5.74, 6) is 0.282. The van der Waals surface area contributed by atoms with Crippen LogP contribution >= 0.6 is 0 Å². The summed E-state index contributed by atoms with van der Waals surface area (Å²) in [6, 6.07) is 7.14. The number of ether oxygens (including phenoxy) is 1. The number of benzene rings is 1. The number of hydrogen-bond donors (Lipinski definition) is 2. The zero-order valence-electron chi connectivity index (χ0n) is 11.2. The predicted molar refractivity (Wildman–Crippen MR) is 76.8 cm³/mol. The van der Waals surface area contributed by atoms with E-state index in [-0.39, 0.29) is 11.7 Å². The van der Waals surface area contributed by atoms with Gasteiger partial charge in [-0.15, -0.1) is 0 Å². The number of anilines is 1. The number of halogens is 1. The summed E-state index contributed by atoms with van der Waals surface area (Å²) in [7, 11) is 0. The molecule has 0 radical (unpaired) electrons. The summed E-state index contributed by atoms with van der Waals surface area (Å²) in [4.78, 5) is 4.12. The molecule has 0 unspecified atom stereocenters. The fourth-order valence-corrected chi connectivity index (χ4v) is 2.78. The van der Waals surface area contributed by atoms with Crippen LogP contribution in [0, 0.1) is 5.82 Å². The Bertz CT molecular complexity index is 843. The van der Waals surface area contributed by atoms with Crippen LogP contribution in [0.5, 0.6) is 11.6 Å². The van der Waals surface area contributed by atoms with Crippen LogP contribution in [0.15, 0.2) is 24.3 Å². The first-order valence-electron chi connectivity index (χ1n) is 6.81. The number of aryl methyl sites for hydroxylation is 1. The quantitative estimate of drug-likeness (QED) is 0.758. The lowest BCUT2D eigenvalue weighted by atomic mass is 10.1. The lowest BCUT2D eigenvalue weighted by Gasteiger charge is -2.10. The van der Waals surface area contributed by atoms with Gasteiger partial charge in [0, 0.05) is 0 Å². The van der Waals surface area contributed by atoms with Gasteiger partial charge in [0.25, 0.3) is 5.88 Å². The van der Waals surface area contributed by atoms with E-state index in [0.717, 1.165) is 24.8 Å². The second-order valence-corrected chi connectivity index (χ2v) is 5.13. The summed E-state index contributed by atoms with van der Waals surface area (Å²) >= 11 is 0. The number of H-pyrrole nitrogens is 1. The SMILES string of the molecule is Nc1n[nH]c2nc(Oc3cccc4c3CCC4)c(F)cc12. The van der Waals surface area contributed by atoms with Crippen LogP contribution in [0.1, 0.15) is 17.5 Å². The molecule has 4 rings (SSSR count). The molecule has 6 heteroatoms. The third-order valence-corrected chi connectivity index (χ3v) is 3.81. The minimum atomic E-state index is -0.550. The maximum atomic E-state index is 14.1. The molecule has 0 bridgehead atoms. The highest BCUT2D eigenvalue weighted by molar-refractivity contribution is 5.86. The molecule has 2 heterocycles. The zero-order valence-corrected chi connectivity index (χ0v) is 11.2. The lowest BCUT2D eigenvalue weighted by molar-refractivity contribution is 0.421. The third kappa shape index (κ3) is 1.91. The van der Waals surface area contributed by atoms with Gasteiger partial charge in [-0.3, -0.25) is 5.10 Å². The number of aromatic nitrogens is 3. The number of nitrogens with one attached hydrogen (secondary N) is 1. The molecule has 0 fully saturated rings. The van der Waals surface area contributed by atoms with E-state index in [1.54, 1.807) is 0 Å². The summed E-state index contributed by atoms with van der Waals surface area (Å²) in [6.07, 6.45) is 3.09. The van der Waals surface area contributed by atoms with Crippen LogP contribution < -0.4 is 10.5 Å². The maximum absolute atomic E-state index is 14.1. The van der Waals surface area contributed by atoms with E-state index < -0.39 is 5.82 Å². The molecule has 1 aromatic carbocycles. The molecule has 5 nitrogen and oxygen atoms in total. The number of hydrogen-bond acceptors (Lipinski definition) is 4. The smallest absolute Gasteiger partial charge is 0.257 e. The van der Waals surface area contributed by atoms with E-state index >= 15 is 0 Å².